The van der Waals surface area contributed by atoms with Gasteiger partial charge in [0, 0.05) is 28.9 Å². The Balaban J connectivity index is 2.78. The van der Waals surface area contributed by atoms with Gasteiger partial charge in [-0.05, 0) is 6.92 Å². The van der Waals surface area contributed by atoms with Crippen molar-refractivity contribution in [1.82, 2.24) is 9.97 Å². The highest BCUT2D eigenvalue weighted by Gasteiger charge is 2.11. The van der Waals surface area contributed by atoms with Crippen LogP contribution in [0.4, 0.5) is 5.82 Å². The van der Waals surface area contributed by atoms with Crippen LogP contribution in [-0.2, 0) is 10.8 Å². The normalized spacial score (nSPS) is 14.2. The van der Waals surface area contributed by atoms with Gasteiger partial charge in [0.2, 0.25) is 0 Å². The lowest BCUT2D eigenvalue weighted by atomic mass is 10.3. The number of aldehydes is 1. The molecule has 88 valence electrons. The molecule has 5 nitrogen and oxygen atoms in total. The van der Waals surface area contributed by atoms with Crippen molar-refractivity contribution < 1.29 is 9.00 Å². The highest BCUT2D eigenvalue weighted by atomic mass is 35.5. The summed E-state index contributed by atoms with van der Waals surface area (Å²) in [6, 6.07) is 0. The fourth-order valence-electron chi connectivity index (χ4n) is 0.977. The van der Waals surface area contributed by atoms with Crippen LogP contribution < -0.4 is 5.32 Å². The summed E-state index contributed by atoms with van der Waals surface area (Å²) >= 11 is 5.73. The van der Waals surface area contributed by atoms with E-state index < -0.39 is 10.8 Å². The van der Waals surface area contributed by atoms with Gasteiger partial charge in [0.05, 0.1) is 5.56 Å². The van der Waals surface area contributed by atoms with Crippen LogP contribution in [0, 0.1) is 0 Å². The van der Waals surface area contributed by atoms with Gasteiger partial charge in [0.15, 0.2) is 6.29 Å². The SMILES string of the molecule is CC(CNc1ncnc(Cl)c1C=O)S(C)=O. The summed E-state index contributed by atoms with van der Waals surface area (Å²) < 4.78 is 11.1. The van der Waals surface area contributed by atoms with Crippen LogP contribution in [0.15, 0.2) is 6.33 Å². The molecule has 0 aliphatic heterocycles. The number of rotatable bonds is 5. The molecule has 0 aliphatic carbocycles. The Bertz CT molecular complexity index is 414. The maximum absolute atomic E-state index is 11.1. The molecule has 2 atom stereocenters. The fraction of sp³-hybridized carbons (Fsp3) is 0.444. The highest BCUT2D eigenvalue weighted by Crippen LogP contribution is 2.17. The van der Waals surface area contributed by atoms with Gasteiger partial charge in [-0.1, -0.05) is 11.6 Å². The second-order valence-electron chi connectivity index (χ2n) is 3.23. The Morgan fingerprint density at radius 3 is 2.88 bits per heavy atom. The van der Waals surface area contributed by atoms with E-state index in [2.05, 4.69) is 15.3 Å². The van der Waals surface area contributed by atoms with E-state index in [-0.39, 0.29) is 16.0 Å². The topological polar surface area (TPSA) is 72.0 Å². The molecule has 0 spiro atoms. The standard InChI is InChI=1S/C9H12ClN3O2S/c1-6(16(2)15)3-11-9-7(4-14)8(10)12-5-13-9/h4-6H,3H2,1-2H3,(H,11,12,13). The molecule has 0 aromatic carbocycles. The molecule has 7 heteroatoms. The molecule has 1 heterocycles. The molecule has 1 N–H and O–H groups in total. The van der Waals surface area contributed by atoms with Crippen molar-refractivity contribution in [2.45, 2.75) is 12.2 Å². The minimum atomic E-state index is -0.925. The zero-order chi connectivity index (χ0) is 12.1. The van der Waals surface area contributed by atoms with Gasteiger partial charge in [0.25, 0.3) is 0 Å². The smallest absolute Gasteiger partial charge is 0.156 e. The number of halogens is 1. The maximum Gasteiger partial charge on any atom is 0.156 e. The Hall–Kier alpha value is -1.01. The van der Waals surface area contributed by atoms with Crippen LogP contribution in [0.3, 0.4) is 0 Å². The number of nitrogens with one attached hydrogen (secondary N) is 1. The Morgan fingerprint density at radius 1 is 1.62 bits per heavy atom. The van der Waals surface area contributed by atoms with Crippen molar-refractivity contribution in [1.29, 1.82) is 0 Å². The van der Waals surface area contributed by atoms with Gasteiger partial charge in [-0.25, -0.2) is 9.97 Å². The van der Waals surface area contributed by atoms with Gasteiger partial charge in [-0.15, -0.1) is 0 Å². The zero-order valence-corrected chi connectivity index (χ0v) is 10.5. The van der Waals surface area contributed by atoms with Gasteiger partial charge >= 0.3 is 0 Å². The van der Waals surface area contributed by atoms with Crippen LogP contribution in [0.1, 0.15) is 17.3 Å². The fourth-order valence-corrected chi connectivity index (χ4v) is 1.47. The van der Waals surface area contributed by atoms with Gasteiger partial charge < -0.3 is 5.32 Å². The van der Waals surface area contributed by atoms with E-state index in [1.54, 1.807) is 6.26 Å². The third-order valence-corrected chi connectivity index (χ3v) is 3.68. The quantitative estimate of drug-likeness (QED) is 0.635. The molecule has 0 saturated heterocycles. The number of hydrogen-bond donors (Lipinski definition) is 1. The largest absolute Gasteiger partial charge is 0.368 e. The molecule has 0 amide bonds. The number of carbonyl (C=O) groups is 1. The molecule has 0 radical (unpaired) electrons. The molecule has 2 unspecified atom stereocenters. The highest BCUT2D eigenvalue weighted by molar-refractivity contribution is 7.84. The van der Waals surface area contributed by atoms with E-state index in [0.717, 1.165) is 0 Å². The van der Waals surface area contributed by atoms with Gasteiger partial charge in [-0.3, -0.25) is 9.00 Å². The molecule has 16 heavy (non-hydrogen) atoms. The van der Waals surface area contributed by atoms with Crippen LogP contribution in [-0.4, -0.2) is 38.5 Å². The lowest BCUT2D eigenvalue weighted by Crippen LogP contribution is -2.21. The van der Waals surface area contributed by atoms with E-state index in [1.165, 1.54) is 6.33 Å². The summed E-state index contributed by atoms with van der Waals surface area (Å²) in [5, 5.41) is 3.00. The summed E-state index contributed by atoms with van der Waals surface area (Å²) in [6.07, 6.45) is 3.49. The van der Waals surface area contributed by atoms with Crippen LogP contribution in [0.2, 0.25) is 5.15 Å². The van der Waals surface area contributed by atoms with Crippen molar-refractivity contribution in [2.75, 3.05) is 18.1 Å². The van der Waals surface area contributed by atoms with E-state index in [1.807, 2.05) is 6.92 Å². The number of hydrogen-bond acceptors (Lipinski definition) is 5. The second kappa shape index (κ2) is 5.91. The van der Waals surface area contributed by atoms with Crippen molar-refractivity contribution in [3.05, 3.63) is 17.0 Å². The van der Waals surface area contributed by atoms with E-state index in [4.69, 9.17) is 11.6 Å². The summed E-state index contributed by atoms with van der Waals surface area (Å²) in [5.41, 5.74) is 0.221. The Labute approximate surface area is 101 Å². The third kappa shape index (κ3) is 3.24. The number of nitrogens with zero attached hydrogens (tertiary/aromatic N) is 2. The number of aromatic nitrogens is 2. The summed E-state index contributed by atoms with van der Waals surface area (Å²) in [7, 11) is -0.925. The van der Waals surface area contributed by atoms with Crippen LogP contribution in [0.25, 0.3) is 0 Å². The van der Waals surface area contributed by atoms with Gasteiger partial charge in [-0.2, -0.15) is 0 Å². The van der Waals surface area contributed by atoms with Crippen LogP contribution in [0.5, 0.6) is 0 Å². The van der Waals surface area contributed by atoms with E-state index in [9.17, 15) is 9.00 Å². The maximum atomic E-state index is 11.1. The second-order valence-corrected chi connectivity index (χ2v) is 5.39. The van der Waals surface area contributed by atoms with Crippen molar-refractivity contribution in [2.24, 2.45) is 0 Å². The molecule has 1 aromatic heterocycles. The first-order valence-corrected chi connectivity index (χ1v) is 6.58. The van der Waals surface area contributed by atoms with E-state index in [0.29, 0.717) is 18.6 Å². The number of carbonyl (C=O) groups excluding carboxylic acids is 1. The van der Waals surface area contributed by atoms with Crippen molar-refractivity contribution >= 4 is 34.5 Å². The number of anilines is 1. The lowest BCUT2D eigenvalue weighted by Gasteiger charge is -2.11. The third-order valence-electron chi connectivity index (χ3n) is 2.08. The minimum absolute atomic E-state index is 0.0340. The average Bonchev–Trinajstić information content (AvgIpc) is 2.25. The molecule has 0 aliphatic rings. The Kier molecular flexibility index (Phi) is 4.82. The first kappa shape index (κ1) is 13.1. The molecule has 0 saturated carbocycles. The molecule has 1 rings (SSSR count). The summed E-state index contributed by atoms with van der Waals surface area (Å²) in [4.78, 5) is 18.4. The monoisotopic (exact) mass is 261 g/mol. The zero-order valence-electron chi connectivity index (χ0n) is 8.94. The minimum Gasteiger partial charge on any atom is -0.368 e. The first-order valence-electron chi connectivity index (χ1n) is 4.58. The average molecular weight is 262 g/mol. The van der Waals surface area contributed by atoms with Gasteiger partial charge in [0.1, 0.15) is 17.3 Å². The summed E-state index contributed by atoms with van der Waals surface area (Å²) in [5.74, 6) is 0.368. The molecule has 0 fully saturated rings. The lowest BCUT2D eigenvalue weighted by molar-refractivity contribution is 0.112. The Morgan fingerprint density at radius 2 is 2.31 bits per heavy atom. The first-order chi connectivity index (χ1) is 7.56. The van der Waals surface area contributed by atoms with E-state index >= 15 is 0 Å². The van der Waals surface area contributed by atoms with Crippen molar-refractivity contribution in [3.8, 4) is 0 Å². The molecular formula is C9H12ClN3O2S. The molecular weight excluding hydrogens is 250 g/mol. The molecule has 0 bridgehead atoms. The predicted octanol–water partition coefficient (Wildman–Crippen LogP) is 1.12. The predicted molar refractivity (Wildman–Crippen MR) is 64.4 cm³/mol. The summed E-state index contributed by atoms with van der Waals surface area (Å²) in [6.45, 7) is 2.30. The van der Waals surface area contributed by atoms with Crippen molar-refractivity contribution in [3.63, 3.8) is 0 Å². The molecule has 1 aromatic rings. The van der Waals surface area contributed by atoms with Crippen LogP contribution >= 0.6 is 11.6 Å².